The minimum atomic E-state index is -0.976. The van der Waals surface area contributed by atoms with Crippen LogP contribution in [0.1, 0.15) is 65.0 Å². The normalized spacial score (nSPS) is 52.4. The molecule has 0 N–H and O–H groups in total. The summed E-state index contributed by atoms with van der Waals surface area (Å²) in [4.78, 5) is 39.7. The number of esters is 2. The molecule has 1 aromatic rings. The van der Waals surface area contributed by atoms with Crippen LogP contribution in [-0.4, -0.2) is 47.7 Å². The van der Waals surface area contributed by atoms with Crippen molar-refractivity contribution in [3.8, 4) is 0 Å². The summed E-state index contributed by atoms with van der Waals surface area (Å²) in [5.41, 5.74) is -2.78. The van der Waals surface area contributed by atoms with Gasteiger partial charge in [-0.2, -0.15) is 0 Å². The maximum atomic E-state index is 14.2. The molecule has 6 fully saturated rings. The zero-order valence-corrected chi connectivity index (χ0v) is 19.9. The Kier molecular flexibility index (Phi) is 3.70. The summed E-state index contributed by atoms with van der Waals surface area (Å²) in [6.45, 7) is 8.36. The van der Waals surface area contributed by atoms with Gasteiger partial charge < -0.3 is 23.4 Å². The van der Waals surface area contributed by atoms with Crippen LogP contribution in [0.25, 0.3) is 0 Å². The number of furan rings is 1. The van der Waals surface area contributed by atoms with Crippen molar-refractivity contribution >= 4 is 17.7 Å². The van der Waals surface area contributed by atoms with Gasteiger partial charge in [-0.3, -0.25) is 9.59 Å². The molecule has 7 rings (SSSR count). The minimum Gasteiger partial charge on any atom is -0.472 e. The molecule has 8 nitrogen and oxygen atoms in total. The summed E-state index contributed by atoms with van der Waals surface area (Å²) >= 11 is 0. The molecule has 4 aliphatic heterocycles. The average Bonchev–Trinajstić information content (AvgIpc) is 3.26. The number of epoxide rings is 1. The predicted molar refractivity (Wildman–Crippen MR) is 114 cm³/mol. The van der Waals surface area contributed by atoms with E-state index in [-0.39, 0.29) is 42.7 Å². The van der Waals surface area contributed by atoms with E-state index in [1.54, 1.807) is 12.5 Å². The fourth-order valence-corrected chi connectivity index (χ4v) is 9.34. The van der Waals surface area contributed by atoms with E-state index < -0.39 is 45.6 Å². The van der Waals surface area contributed by atoms with Crippen LogP contribution in [0.15, 0.2) is 23.0 Å². The molecular formula is C26H30O8. The molecule has 1 aromatic heterocycles. The number of ketones is 1. The first-order chi connectivity index (χ1) is 16.0. The summed E-state index contributed by atoms with van der Waals surface area (Å²) in [5.74, 6) is -0.780. The second-order valence-corrected chi connectivity index (χ2v) is 12.2. The van der Waals surface area contributed by atoms with Crippen molar-refractivity contribution in [3.05, 3.63) is 24.2 Å². The fraction of sp³-hybridized carbons (Fsp3) is 0.731. The Morgan fingerprint density at radius 3 is 2.50 bits per heavy atom. The monoisotopic (exact) mass is 470 g/mol. The van der Waals surface area contributed by atoms with Crippen molar-refractivity contribution in [1.29, 1.82) is 0 Å². The molecule has 2 aliphatic carbocycles. The standard InChI is InChI=1S/C26H30O8/c1-22(2)15-9-16(27)24(4)14(25(15)12-31-18(28)10-17(25)33-22)5-7-23(3)19(13-6-8-30-11-13)32-21(29)20-26(23,24)34-20/h6,8,11,14-15,17,19-20H,5,7,9-10,12H2,1-4H3/t14-,15-,17-,19+,20-,23+,24-,25-,26-/m1/s1. The van der Waals surface area contributed by atoms with Crippen LogP contribution in [0.3, 0.4) is 0 Å². The second-order valence-electron chi connectivity index (χ2n) is 12.2. The van der Waals surface area contributed by atoms with Gasteiger partial charge in [-0.25, -0.2) is 4.79 Å². The van der Waals surface area contributed by atoms with Crippen molar-refractivity contribution in [2.75, 3.05) is 6.61 Å². The highest BCUT2D eigenvalue weighted by molar-refractivity contribution is 5.93. The van der Waals surface area contributed by atoms with E-state index >= 15 is 0 Å². The molecule has 0 amide bonds. The van der Waals surface area contributed by atoms with Crippen LogP contribution >= 0.6 is 0 Å². The Hall–Kier alpha value is -2.19. The smallest absolute Gasteiger partial charge is 0.339 e. The lowest BCUT2D eigenvalue weighted by Gasteiger charge is -2.65. The van der Waals surface area contributed by atoms with Crippen LogP contribution in [-0.2, 0) is 33.3 Å². The Bertz CT molecular complexity index is 1120. The third kappa shape index (κ3) is 2.02. The van der Waals surface area contributed by atoms with Crippen molar-refractivity contribution in [2.24, 2.45) is 28.1 Å². The number of carbonyl (C=O) groups is 3. The first kappa shape index (κ1) is 21.1. The number of cyclic esters (lactones) is 2. The maximum absolute atomic E-state index is 14.2. The molecule has 8 heteroatoms. The number of Topliss-reactive ketones (excluding diaryl/α,β-unsaturated/α-hetero) is 1. The second kappa shape index (κ2) is 5.95. The summed E-state index contributed by atoms with van der Waals surface area (Å²) < 4.78 is 29.8. The molecule has 0 unspecified atom stereocenters. The number of hydrogen-bond acceptors (Lipinski definition) is 8. The van der Waals surface area contributed by atoms with Gasteiger partial charge in [0.25, 0.3) is 0 Å². The van der Waals surface area contributed by atoms with E-state index in [1.165, 1.54) is 0 Å². The summed E-state index contributed by atoms with van der Waals surface area (Å²) in [6, 6.07) is 1.81. The molecule has 34 heavy (non-hydrogen) atoms. The van der Waals surface area contributed by atoms with Crippen molar-refractivity contribution in [3.63, 3.8) is 0 Å². The lowest BCUT2D eigenvalue weighted by Crippen LogP contribution is -2.72. The molecule has 0 aromatic carbocycles. The zero-order valence-electron chi connectivity index (χ0n) is 19.9. The first-order valence-corrected chi connectivity index (χ1v) is 12.3. The van der Waals surface area contributed by atoms with E-state index in [0.29, 0.717) is 12.8 Å². The van der Waals surface area contributed by atoms with E-state index in [1.807, 2.05) is 26.8 Å². The molecule has 0 bridgehead atoms. The van der Waals surface area contributed by atoms with Crippen molar-refractivity contribution < 1.29 is 37.7 Å². The first-order valence-electron chi connectivity index (χ1n) is 12.3. The highest BCUT2D eigenvalue weighted by Crippen LogP contribution is 2.79. The Balaban J connectivity index is 1.41. The lowest BCUT2D eigenvalue weighted by molar-refractivity contribution is -0.225. The zero-order chi connectivity index (χ0) is 23.9. The van der Waals surface area contributed by atoms with Crippen LogP contribution in [0.2, 0.25) is 0 Å². The predicted octanol–water partition coefficient (Wildman–Crippen LogP) is 3.14. The van der Waals surface area contributed by atoms with Gasteiger partial charge >= 0.3 is 11.9 Å². The van der Waals surface area contributed by atoms with Crippen molar-refractivity contribution in [1.82, 2.24) is 0 Å². The van der Waals surface area contributed by atoms with E-state index in [4.69, 9.17) is 23.4 Å². The summed E-state index contributed by atoms with van der Waals surface area (Å²) in [5, 5.41) is 0. The van der Waals surface area contributed by atoms with E-state index in [9.17, 15) is 14.4 Å². The van der Waals surface area contributed by atoms with Crippen LogP contribution in [0.4, 0.5) is 0 Å². The summed E-state index contributed by atoms with van der Waals surface area (Å²) in [7, 11) is 0. The third-order valence-electron chi connectivity index (χ3n) is 10.7. The third-order valence-corrected chi connectivity index (χ3v) is 10.7. The number of hydrogen-bond donors (Lipinski definition) is 0. The molecule has 4 saturated heterocycles. The lowest BCUT2D eigenvalue weighted by atomic mass is 9.37. The summed E-state index contributed by atoms with van der Waals surface area (Å²) in [6.07, 6.45) is 3.46. The van der Waals surface area contributed by atoms with Crippen LogP contribution in [0, 0.1) is 28.1 Å². The molecular weight excluding hydrogens is 440 g/mol. The largest absolute Gasteiger partial charge is 0.472 e. The SMILES string of the molecule is CC1(C)O[C@@H]2CC(=O)OC[C@@]23[C@@H]1CC(=O)[C@@]1(C)[C@H]3CC[C@@]2(C)[C@H](c3ccoc3)OC(=O)[C@H]3O[C@]321. The van der Waals surface area contributed by atoms with Crippen LogP contribution < -0.4 is 0 Å². The number of rotatable bonds is 1. The van der Waals surface area contributed by atoms with Crippen LogP contribution in [0.5, 0.6) is 0 Å². The molecule has 0 radical (unpaired) electrons. The molecule has 5 heterocycles. The Morgan fingerprint density at radius 2 is 1.76 bits per heavy atom. The molecule has 2 saturated carbocycles. The van der Waals surface area contributed by atoms with Gasteiger partial charge in [0.15, 0.2) is 6.10 Å². The van der Waals surface area contributed by atoms with Gasteiger partial charge in [0, 0.05) is 28.7 Å². The van der Waals surface area contributed by atoms with E-state index in [0.717, 1.165) is 12.0 Å². The maximum Gasteiger partial charge on any atom is 0.339 e. The highest BCUT2D eigenvalue weighted by atomic mass is 16.7. The Morgan fingerprint density at radius 1 is 0.971 bits per heavy atom. The molecule has 6 aliphatic rings. The minimum absolute atomic E-state index is 0.0677. The number of carbonyl (C=O) groups excluding carboxylic acids is 3. The number of fused-ring (bicyclic) bond motifs is 1. The Labute approximate surface area is 197 Å². The van der Waals surface area contributed by atoms with Gasteiger partial charge in [0.1, 0.15) is 24.1 Å². The fourth-order valence-electron chi connectivity index (χ4n) is 9.34. The molecule has 9 atom stereocenters. The van der Waals surface area contributed by atoms with Gasteiger partial charge in [0.05, 0.1) is 36.1 Å². The topological polar surface area (TPSA) is 105 Å². The van der Waals surface area contributed by atoms with Gasteiger partial charge in [-0.15, -0.1) is 0 Å². The van der Waals surface area contributed by atoms with Gasteiger partial charge in [-0.05, 0) is 45.6 Å². The average molecular weight is 471 g/mol. The van der Waals surface area contributed by atoms with Gasteiger partial charge in [-0.1, -0.05) is 6.92 Å². The molecule has 2 spiro atoms. The highest BCUT2D eigenvalue weighted by Gasteiger charge is 2.89. The molecule has 182 valence electrons. The van der Waals surface area contributed by atoms with Crippen molar-refractivity contribution in [2.45, 2.75) is 82.9 Å². The quantitative estimate of drug-likeness (QED) is 0.455. The van der Waals surface area contributed by atoms with E-state index in [2.05, 4.69) is 6.92 Å². The van der Waals surface area contributed by atoms with Gasteiger partial charge in [0.2, 0.25) is 0 Å². The number of ether oxygens (including phenoxy) is 4.